The quantitative estimate of drug-likeness (QED) is 0.799. The van der Waals surface area contributed by atoms with E-state index >= 15 is 0 Å². The smallest absolute Gasteiger partial charge is 0.350 e. The van der Waals surface area contributed by atoms with Gasteiger partial charge in [0.1, 0.15) is 4.21 Å². The van der Waals surface area contributed by atoms with E-state index in [-0.39, 0.29) is 16.5 Å². The number of oxime groups is 1. The van der Waals surface area contributed by atoms with Crippen molar-refractivity contribution in [3.8, 4) is 0 Å². The van der Waals surface area contributed by atoms with Gasteiger partial charge in [-0.25, -0.2) is 13.1 Å². The van der Waals surface area contributed by atoms with Crippen LogP contribution in [0.25, 0.3) is 0 Å². The third-order valence-corrected chi connectivity index (χ3v) is 6.44. The monoisotopic (exact) mass is 406 g/mol. The minimum atomic E-state index is -4.98. The van der Waals surface area contributed by atoms with Gasteiger partial charge in [-0.15, -0.1) is 11.3 Å². The number of benzene rings is 1. The van der Waals surface area contributed by atoms with Crippen molar-refractivity contribution in [3.05, 3.63) is 52.9 Å². The Morgan fingerprint density at radius 2 is 2.08 bits per heavy atom. The van der Waals surface area contributed by atoms with E-state index in [2.05, 4.69) is 14.7 Å². The van der Waals surface area contributed by atoms with Crippen molar-refractivity contribution in [1.29, 1.82) is 0 Å². The lowest BCUT2D eigenvalue weighted by Gasteiger charge is -2.22. The van der Waals surface area contributed by atoms with Crippen LogP contribution < -0.4 is 4.72 Å². The van der Waals surface area contributed by atoms with E-state index in [0.29, 0.717) is 11.1 Å². The highest BCUT2D eigenvalue weighted by atomic mass is 32.2. The molecule has 0 amide bonds. The summed E-state index contributed by atoms with van der Waals surface area (Å²) in [5.74, 6) is -3.35. The lowest BCUT2D eigenvalue weighted by Crippen LogP contribution is -2.45. The average molecular weight is 406 g/mol. The van der Waals surface area contributed by atoms with Crippen molar-refractivity contribution >= 4 is 27.1 Å². The summed E-state index contributed by atoms with van der Waals surface area (Å²) in [5, 5.41) is 14.5. The molecule has 2 aromatic rings. The number of nitrogens with one attached hydrogen (secondary N) is 1. The largest absolute Gasteiger partial charge is 0.458 e. The number of alkyl halides is 3. The number of halogens is 3. The van der Waals surface area contributed by atoms with Gasteiger partial charge in [0.2, 0.25) is 10.0 Å². The van der Waals surface area contributed by atoms with Crippen LogP contribution in [0.15, 0.2) is 51.1 Å². The van der Waals surface area contributed by atoms with Gasteiger partial charge in [0.15, 0.2) is 0 Å². The zero-order valence-corrected chi connectivity index (χ0v) is 14.7. The molecule has 140 valence electrons. The summed E-state index contributed by atoms with van der Waals surface area (Å²) in [7, 11) is -3.66. The molecule has 11 heteroatoms. The second-order valence-corrected chi connectivity index (χ2v) is 8.49. The molecule has 1 aliphatic rings. The zero-order valence-electron chi connectivity index (χ0n) is 13.0. The van der Waals surface area contributed by atoms with Crippen LogP contribution in [0.2, 0.25) is 0 Å². The number of hydrogen-bond donors (Lipinski definition) is 2. The van der Waals surface area contributed by atoms with Gasteiger partial charge in [-0.05, 0) is 28.6 Å². The normalized spacial score (nSPS) is 20.7. The first kappa shape index (κ1) is 18.8. The fourth-order valence-electron chi connectivity index (χ4n) is 2.26. The van der Waals surface area contributed by atoms with E-state index < -0.39 is 28.4 Å². The van der Waals surface area contributed by atoms with Crippen molar-refractivity contribution < 1.29 is 31.5 Å². The first-order chi connectivity index (χ1) is 12.1. The number of sulfonamides is 1. The lowest BCUT2D eigenvalue weighted by atomic mass is 10.0. The predicted molar refractivity (Wildman–Crippen MR) is 88.0 cm³/mol. The minimum Gasteiger partial charge on any atom is -0.350 e. The summed E-state index contributed by atoms with van der Waals surface area (Å²) < 4.78 is 65.1. The van der Waals surface area contributed by atoms with Crippen LogP contribution in [0.4, 0.5) is 13.2 Å². The Morgan fingerprint density at radius 3 is 2.69 bits per heavy atom. The SMILES string of the molecule is O=S(=O)(NCc1cccc(C2=NOC(O)(C(F)(F)F)C2)c1)c1cccs1. The van der Waals surface area contributed by atoms with E-state index in [0.717, 1.165) is 11.3 Å². The number of thiophene rings is 1. The summed E-state index contributed by atoms with van der Waals surface area (Å²) in [4.78, 5) is 4.18. The first-order valence-electron chi connectivity index (χ1n) is 7.27. The third kappa shape index (κ3) is 3.75. The Kier molecular flexibility index (Phi) is 4.82. The molecule has 0 fully saturated rings. The van der Waals surface area contributed by atoms with Crippen molar-refractivity contribution in [3.63, 3.8) is 0 Å². The minimum absolute atomic E-state index is 0.0499. The molecule has 0 saturated heterocycles. The molecular formula is C15H13F3N2O4S2. The van der Waals surface area contributed by atoms with Gasteiger partial charge < -0.3 is 9.94 Å². The lowest BCUT2D eigenvalue weighted by molar-refractivity contribution is -0.355. The molecule has 3 rings (SSSR count). The molecule has 6 nitrogen and oxygen atoms in total. The van der Waals surface area contributed by atoms with Gasteiger partial charge in [0, 0.05) is 6.54 Å². The highest BCUT2D eigenvalue weighted by molar-refractivity contribution is 7.91. The third-order valence-electron chi connectivity index (χ3n) is 3.64. The van der Waals surface area contributed by atoms with Crippen LogP contribution in [0.1, 0.15) is 17.5 Å². The average Bonchev–Trinajstić information content (AvgIpc) is 3.23. The van der Waals surface area contributed by atoms with Gasteiger partial charge in [0.05, 0.1) is 12.1 Å². The molecule has 0 saturated carbocycles. The molecule has 1 aromatic heterocycles. The van der Waals surface area contributed by atoms with Crippen LogP contribution in [-0.2, 0) is 21.4 Å². The maximum Gasteiger partial charge on any atom is 0.458 e. The number of aliphatic hydroxyl groups is 1. The first-order valence-corrected chi connectivity index (χ1v) is 9.64. The second kappa shape index (κ2) is 6.65. The Balaban J connectivity index is 1.72. The van der Waals surface area contributed by atoms with Crippen LogP contribution in [0.3, 0.4) is 0 Å². The zero-order chi connectivity index (χ0) is 19.0. The van der Waals surface area contributed by atoms with E-state index in [9.17, 15) is 26.7 Å². The molecule has 2 heterocycles. The Hall–Kier alpha value is -1.95. The van der Waals surface area contributed by atoms with Gasteiger partial charge in [-0.3, -0.25) is 0 Å². The van der Waals surface area contributed by atoms with Gasteiger partial charge >= 0.3 is 12.0 Å². The molecule has 1 unspecified atom stereocenters. The molecule has 1 atom stereocenters. The molecule has 0 bridgehead atoms. The fourth-order valence-corrected chi connectivity index (χ4v) is 4.31. The summed E-state index contributed by atoms with van der Waals surface area (Å²) in [6, 6.07) is 9.24. The standard InChI is InChI=1S/C15H13F3N2O4S2/c16-15(17,18)14(21)8-12(20-24-14)11-4-1-3-10(7-11)9-19-26(22,23)13-5-2-6-25-13/h1-7,19,21H,8-9H2. The molecule has 26 heavy (non-hydrogen) atoms. The van der Waals surface area contributed by atoms with Crippen molar-refractivity contribution in [2.45, 2.75) is 29.1 Å². The fraction of sp³-hybridized carbons (Fsp3) is 0.267. The number of rotatable bonds is 5. The molecule has 0 radical (unpaired) electrons. The van der Waals surface area contributed by atoms with Crippen LogP contribution in [0, 0.1) is 0 Å². The van der Waals surface area contributed by atoms with Gasteiger partial charge in [-0.2, -0.15) is 13.2 Å². The Bertz CT molecular complexity index is 927. The van der Waals surface area contributed by atoms with Crippen LogP contribution in [0.5, 0.6) is 0 Å². The van der Waals surface area contributed by atoms with Crippen LogP contribution >= 0.6 is 11.3 Å². The molecule has 0 aliphatic carbocycles. The van der Waals surface area contributed by atoms with Crippen molar-refractivity contribution in [2.75, 3.05) is 0 Å². The number of hydrogen-bond acceptors (Lipinski definition) is 6. The molecule has 2 N–H and O–H groups in total. The summed E-state index contributed by atoms with van der Waals surface area (Å²) >= 11 is 1.07. The van der Waals surface area contributed by atoms with Gasteiger partial charge in [-0.1, -0.05) is 29.4 Å². The Morgan fingerprint density at radius 1 is 1.31 bits per heavy atom. The molecular weight excluding hydrogens is 393 g/mol. The molecule has 1 aromatic carbocycles. The predicted octanol–water partition coefficient (Wildman–Crippen LogP) is 2.60. The summed E-state index contributed by atoms with van der Waals surface area (Å²) in [6.45, 7) is -0.0499. The van der Waals surface area contributed by atoms with E-state index in [4.69, 9.17) is 0 Å². The van der Waals surface area contributed by atoms with Crippen LogP contribution in [-0.4, -0.2) is 31.2 Å². The van der Waals surface area contributed by atoms with Crippen molar-refractivity contribution in [2.24, 2.45) is 5.16 Å². The topological polar surface area (TPSA) is 88.0 Å². The highest BCUT2D eigenvalue weighted by Crippen LogP contribution is 2.38. The maximum absolute atomic E-state index is 12.8. The van der Waals surface area contributed by atoms with Crippen molar-refractivity contribution in [1.82, 2.24) is 4.72 Å². The number of nitrogens with zero attached hydrogens (tertiary/aromatic N) is 1. The van der Waals surface area contributed by atoms with E-state index in [1.54, 1.807) is 23.6 Å². The molecule has 1 aliphatic heterocycles. The maximum atomic E-state index is 12.8. The van der Waals surface area contributed by atoms with E-state index in [1.807, 2.05) is 0 Å². The Labute approximate surface area is 151 Å². The second-order valence-electron chi connectivity index (χ2n) is 5.55. The summed E-state index contributed by atoms with van der Waals surface area (Å²) in [5.41, 5.74) is 0.749. The summed E-state index contributed by atoms with van der Waals surface area (Å²) in [6.07, 6.45) is -5.83. The van der Waals surface area contributed by atoms with Gasteiger partial charge in [0.25, 0.3) is 0 Å². The van der Waals surface area contributed by atoms with E-state index in [1.165, 1.54) is 18.2 Å². The highest BCUT2D eigenvalue weighted by Gasteiger charge is 2.60. The molecule has 0 spiro atoms.